The number of hydrogen-bond acceptors (Lipinski definition) is 3. The van der Waals surface area contributed by atoms with E-state index in [1.165, 1.54) is 0 Å². The Morgan fingerprint density at radius 3 is 3.06 bits per heavy atom. The Morgan fingerprint density at radius 1 is 1.65 bits per heavy atom. The minimum atomic E-state index is -0.302. The molecule has 5 heteroatoms. The monoisotopic (exact) mass is 237 g/mol. The van der Waals surface area contributed by atoms with E-state index in [0.29, 0.717) is 6.54 Å². The van der Waals surface area contributed by atoms with Crippen LogP contribution in [0.4, 0.5) is 0 Å². The molecule has 17 heavy (non-hydrogen) atoms. The van der Waals surface area contributed by atoms with Gasteiger partial charge >= 0.3 is 0 Å². The lowest BCUT2D eigenvalue weighted by Crippen LogP contribution is -2.36. The number of carbonyl (C=O) groups is 1. The second kappa shape index (κ2) is 5.31. The lowest BCUT2D eigenvalue weighted by Gasteiger charge is -2.17. The summed E-state index contributed by atoms with van der Waals surface area (Å²) in [5.41, 5.74) is 0. The van der Waals surface area contributed by atoms with Gasteiger partial charge in [0.25, 0.3) is 0 Å². The van der Waals surface area contributed by atoms with E-state index in [4.69, 9.17) is 0 Å². The maximum atomic E-state index is 11.9. The van der Waals surface area contributed by atoms with Gasteiger partial charge in [-0.15, -0.1) is 0 Å². The highest BCUT2D eigenvalue weighted by Crippen LogP contribution is 2.24. The molecule has 1 saturated carbocycles. The molecule has 1 amide bonds. The largest absolute Gasteiger partial charge is 0.393 e. The van der Waals surface area contributed by atoms with Crippen LogP contribution in [0.1, 0.15) is 32.2 Å². The van der Waals surface area contributed by atoms with Gasteiger partial charge in [-0.1, -0.05) is 6.42 Å². The molecule has 1 aliphatic carbocycles. The summed E-state index contributed by atoms with van der Waals surface area (Å²) in [4.78, 5) is 11.9. The first-order chi connectivity index (χ1) is 8.18. The molecule has 0 aliphatic heterocycles. The summed E-state index contributed by atoms with van der Waals surface area (Å²) in [7, 11) is 0. The van der Waals surface area contributed by atoms with E-state index >= 15 is 0 Å². The number of nitrogens with zero attached hydrogens (tertiary/aromatic N) is 2. The van der Waals surface area contributed by atoms with Crippen LogP contribution in [-0.2, 0) is 4.79 Å². The quantitative estimate of drug-likeness (QED) is 0.811. The molecule has 94 valence electrons. The van der Waals surface area contributed by atoms with Crippen molar-refractivity contribution < 1.29 is 9.90 Å². The lowest BCUT2D eigenvalue weighted by atomic mass is 10.1. The van der Waals surface area contributed by atoms with Crippen molar-refractivity contribution in [1.82, 2.24) is 15.1 Å². The molecule has 0 saturated heterocycles. The highest BCUT2D eigenvalue weighted by molar-refractivity contribution is 5.79. The first-order valence-corrected chi connectivity index (χ1v) is 6.13. The van der Waals surface area contributed by atoms with Crippen LogP contribution in [0.25, 0.3) is 0 Å². The third-order valence-corrected chi connectivity index (χ3v) is 3.46. The molecule has 1 aromatic heterocycles. The Kier molecular flexibility index (Phi) is 3.78. The number of rotatable bonds is 4. The Labute approximate surface area is 101 Å². The van der Waals surface area contributed by atoms with E-state index in [0.717, 1.165) is 19.3 Å². The number of aliphatic hydroxyl groups excluding tert-OH is 1. The number of amides is 1. The van der Waals surface area contributed by atoms with Crippen molar-refractivity contribution in [3.05, 3.63) is 18.5 Å². The zero-order valence-electron chi connectivity index (χ0n) is 10.0. The molecule has 1 aromatic rings. The lowest BCUT2D eigenvalue weighted by molar-refractivity contribution is -0.124. The summed E-state index contributed by atoms with van der Waals surface area (Å²) in [6, 6.07) is 1.49. The van der Waals surface area contributed by atoms with Gasteiger partial charge in [0.1, 0.15) is 6.04 Å². The first kappa shape index (κ1) is 12.1. The van der Waals surface area contributed by atoms with Crippen molar-refractivity contribution in [3.63, 3.8) is 0 Å². The van der Waals surface area contributed by atoms with Gasteiger partial charge in [0.2, 0.25) is 5.91 Å². The van der Waals surface area contributed by atoms with Crippen LogP contribution in [0.3, 0.4) is 0 Å². The highest BCUT2D eigenvalue weighted by atomic mass is 16.3. The van der Waals surface area contributed by atoms with Crippen LogP contribution in [0.5, 0.6) is 0 Å². The molecule has 3 unspecified atom stereocenters. The van der Waals surface area contributed by atoms with Crippen molar-refractivity contribution in [2.45, 2.75) is 38.3 Å². The Balaban J connectivity index is 1.81. The molecule has 1 fully saturated rings. The van der Waals surface area contributed by atoms with E-state index in [9.17, 15) is 9.90 Å². The Bertz CT molecular complexity index is 364. The minimum Gasteiger partial charge on any atom is -0.393 e. The predicted octanol–water partition coefficient (Wildman–Crippen LogP) is 0.721. The van der Waals surface area contributed by atoms with Crippen LogP contribution in [0, 0.1) is 5.92 Å². The van der Waals surface area contributed by atoms with E-state index < -0.39 is 0 Å². The minimum absolute atomic E-state index is 0.0483. The summed E-state index contributed by atoms with van der Waals surface area (Å²) in [6.45, 7) is 2.37. The fraction of sp³-hybridized carbons (Fsp3) is 0.667. The molecule has 5 nitrogen and oxygen atoms in total. The van der Waals surface area contributed by atoms with Crippen LogP contribution in [0.2, 0.25) is 0 Å². The number of aliphatic hydroxyl groups is 1. The second-order valence-corrected chi connectivity index (χ2v) is 4.67. The standard InChI is InChI=1S/C12H19N3O2/c1-9(15-7-3-6-14-15)12(17)13-8-10-4-2-5-11(10)16/h3,6-7,9-11,16H,2,4-5,8H2,1H3,(H,13,17). The fourth-order valence-corrected chi connectivity index (χ4v) is 2.26. The van der Waals surface area contributed by atoms with E-state index in [1.807, 2.05) is 6.92 Å². The molecule has 0 spiro atoms. The number of hydrogen-bond donors (Lipinski definition) is 2. The summed E-state index contributed by atoms with van der Waals surface area (Å²) in [5, 5.41) is 16.6. The number of nitrogens with one attached hydrogen (secondary N) is 1. The normalized spacial score (nSPS) is 25.8. The molecule has 0 radical (unpaired) electrons. The van der Waals surface area contributed by atoms with Gasteiger partial charge in [-0.25, -0.2) is 0 Å². The summed E-state index contributed by atoms with van der Waals surface area (Å²) in [5.74, 6) is 0.163. The van der Waals surface area contributed by atoms with E-state index in [-0.39, 0.29) is 24.0 Å². The van der Waals surface area contributed by atoms with Crippen LogP contribution in [0.15, 0.2) is 18.5 Å². The van der Waals surface area contributed by atoms with Crippen molar-refractivity contribution in [2.24, 2.45) is 5.92 Å². The smallest absolute Gasteiger partial charge is 0.244 e. The second-order valence-electron chi connectivity index (χ2n) is 4.67. The Morgan fingerprint density at radius 2 is 2.47 bits per heavy atom. The first-order valence-electron chi connectivity index (χ1n) is 6.13. The number of aromatic nitrogens is 2. The third-order valence-electron chi connectivity index (χ3n) is 3.46. The SMILES string of the molecule is CC(C(=O)NCC1CCCC1O)n1cccn1. The zero-order valence-corrected chi connectivity index (χ0v) is 10.0. The topological polar surface area (TPSA) is 67.2 Å². The summed E-state index contributed by atoms with van der Waals surface area (Å²) >= 11 is 0. The molecule has 3 atom stereocenters. The molecular formula is C12H19N3O2. The molecule has 2 rings (SSSR count). The average Bonchev–Trinajstić information content (AvgIpc) is 2.96. The summed E-state index contributed by atoms with van der Waals surface area (Å²) < 4.78 is 1.63. The average molecular weight is 237 g/mol. The van der Waals surface area contributed by atoms with Crippen LogP contribution in [-0.4, -0.2) is 33.4 Å². The predicted molar refractivity (Wildman–Crippen MR) is 63.3 cm³/mol. The van der Waals surface area contributed by atoms with Gasteiger partial charge < -0.3 is 10.4 Å². The van der Waals surface area contributed by atoms with Crippen molar-refractivity contribution >= 4 is 5.91 Å². The van der Waals surface area contributed by atoms with Crippen molar-refractivity contribution in [2.75, 3.05) is 6.54 Å². The van der Waals surface area contributed by atoms with Gasteiger partial charge in [0, 0.05) is 24.9 Å². The summed E-state index contributed by atoms with van der Waals surface area (Å²) in [6.07, 6.45) is 6.08. The van der Waals surface area contributed by atoms with Gasteiger partial charge in [0.15, 0.2) is 0 Å². The van der Waals surface area contributed by atoms with Crippen LogP contribution >= 0.6 is 0 Å². The molecule has 0 aromatic carbocycles. The molecule has 0 bridgehead atoms. The van der Waals surface area contributed by atoms with Gasteiger partial charge in [-0.2, -0.15) is 5.10 Å². The van der Waals surface area contributed by atoms with E-state index in [2.05, 4.69) is 10.4 Å². The number of carbonyl (C=O) groups excluding carboxylic acids is 1. The maximum Gasteiger partial charge on any atom is 0.244 e. The third kappa shape index (κ3) is 2.85. The molecule has 1 heterocycles. The van der Waals surface area contributed by atoms with E-state index in [1.54, 1.807) is 23.1 Å². The van der Waals surface area contributed by atoms with Gasteiger partial charge in [0.05, 0.1) is 6.10 Å². The van der Waals surface area contributed by atoms with Crippen molar-refractivity contribution in [3.8, 4) is 0 Å². The Hall–Kier alpha value is -1.36. The maximum absolute atomic E-state index is 11.9. The van der Waals surface area contributed by atoms with Crippen molar-refractivity contribution in [1.29, 1.82) is 0 Å². The fourth-order valence-electron chi connectivity index (χ4n) is 2.26. The van der Waals surface area contributed by atoms with Gasteiger partial charge in [-0.3, -0.25) is 9.48 Å². The van der Waals surface area contributed by atoms with Crippen LogP contribution < -0.4 is 5.32 Å². The van der Waals surface area contributed by atoms with Gasteiger partial charge in [-0.05, 0) is 25.8 Å². The molecule has 1 aliphatic rings. The highest BCUT2D eigenvalue weighted by Gasteiger charge is 2.26. The molecule has 2 N–H and O–H groups in total. The zero-order chi connectivity index (χ0) is 12.3. The molecular weight excluding hydrogens is 218 g/mol.